The topological polar surface area (TPSA) is 69.6 Å². The molecule has 0 unspecified atom stereocenters. The summed E-state index contributed by atoms with van der Waals surface area (Å²) in [6, 6.07) is 5.26. The number of nitrogen functional groups attached to an aromatic ring is 1. The molecule has 1 aromatic heterocycles. The van der Waals surface area contributed by atoms with Gasteiger partial charge in [-0.15, -0.1) is 5.10 Å². The average molecular weight is 252 g/mol. The van der Waals surface area contributed by atoms with Gasteiger partial charge in [-0.05, 0) is 49.4 Å². The molecule has 0 radical (unpaired) electrons. The number of nitrogens with zero attached hydrogens (tertiary/aromatic N) is 4. The Hall–Kier alpha value is -1.62. The van der Waals surface area contributed by atoms with Crippen molar-refractivity contribution in [1.82, 2.24) is 20.2 Å². The SMILES string of the molecule is CC(C)(C)n1nnnc1-c1cc(Cl)ccc1N. The van der Waals surface area contributed by atoms with Crippen molar-refractivity contribution >= 4 is 17.3 Å². The number of benzene rings is 1. The van der Waals surface area contributed by atoms with Gasteiger partial charge in [0, 0.05) is 16.3 Å². The first-order valence-electron chi connectivity index (χ1n) is 5.24. The third-order valence-corrected chi connectivity index (χ3v) is 2.60. The van der Waals surface area contributed by atoms with E-state index in [9.17, 15) is 0 Å². The third-order valence-electron chi connectivity index (χ3n) is 2.36. The van der Waals surface area contributed by atoms with Gasteiger partial charge in [0.15, 0.2) is 5.82 Å². The van der Waals surface area contributed by atoms with Crippen LogP contribution in [0.1, 0.15) is 20.8 Å². The Labute approximate surface area is 105 Å². The Bertz CT molecular complexity index is 541. The fourth-order valence-corrected chi connectivity index (χ4v) is 1.70. The summed E-state index contributed by atoms with van der Waals surface area (Å²) in [5.41, 5.74) is 7.06. The second-order valence-corrected chi connectivity index (χ2v) is 5.25. The average Bonchev–Trinajstić information content (AvgIpc) is 2.69. The van der Waals surface area contributed by atoms with E-state index in [1.807, 2.05) is 20.8 Å². The normalized spacial score (nSPS) is 11.8. The molecule has 1 heterocycles. The first-order valence-corrected chi connectivity index (χ1v) is 5.61. The Morgan fingerprint density at radius 2 is 2.00 bits per heavy atom. The predicted molar refractivity (Wildman–Crippen MR) is 67.7 cm³/mol. The number of hydrogen-bond acceptors (Lipinski definition) is 4. The monoisotopic (exact) mass is 251 g/mol. The van der Waals surface area contributed by atoms with Gasteiger partial charge in [-0.25, -0.2) is 4.68 Å². The van der Waals surface area contributed by atoms with Crippen LogP contribution >= 0.6 is 11.6 Å². The molecule has 17 heavy (non-hydrogen) atoms. The van der Waals surface area contributed by atoms with Crippen LogP contribution in [0.15, 0.2) is 18.2 Å². The third kappa shape index (κ3) is 2.24. The molecular weight excluding hydrogens is 238 g/mol. The first kappa shape index (κ1) is 11.9. The zero-order valence-electron chi connectivity index (χ0n) is 9.98. The van der Waals surface area contributed by atoms with Crippen molar-refractivity contribution in [3.63, 3.8) is 0 Å². The Morgan fingerprint density at radius 3 is 2.65 bits per heavy atom. The molecule has 5 nitrogen and oxygen atoms in total. The van der Waals surface area contributed by atoms with E-state index in [0.717, 1.165) is 5.56 Å². The lowest BCUT2D eigenvalue weighted by Gasteiger charge is -2.20. The quantitative estimate of drug-likeness (QED) is 0.790. The Balaban J connectivity index is 2.61. The van der Waals surface area contributed by atoms with Gasteiger partial charge in [0.05, 0.1) is 5.54 Å². The smallest absolute Gasteiger partial charge is 0.184 e. The molecule has 6 heteroatoms. The highest BCUT2D eigenvalue weighted by Crippen LogP contribution is 2.29. The van der Waals surface area contributed by atoms with Crippen molar-refractivity contribution < 1.29 is 0 Å². The number of aromatic nitrogens is 4. The maximum absolute atomic E-state index is 5.97. The number of hydrogen-bond donors (Lipinski definition) is 1. The van der Waals surface area contributed by atoms with E-state index < -0.39 is 0 Å². The summed E-state index contributed by atoms with van der Waals surface area (Å²) in [5.74, 6) is 0.623. The highest BCUT2D eigenvalue weighted by Gasteiger charge is 2.21. The maximum atomic E-state index is 5.97. The minimum absolute atomic E-state index is 0.215. The lowest BCUT2D eigenvalue weighted by molar-refractivity contribution is 0.351. The van der Waals surface area contributed by atoms with E-state index in [1.54, 1.807) is 22.9 Å². The molecule has 0 aliphatic heterocycles. The molecule has 0 aliphatic rings. The second-order valence-electron chi connectivity index (χ2n) is 4.82. The number of rotatable bonds is 1. The molecular formula is C11H14ClN5. The predicted octanol–water partition coefficient (Wildman–Crippen LogP) is 2.33. The highest BCUT2D eigenvalue weighted by molar-refractivity contribution is 6.31. The molecule has 0 fully saturated rings. The van der Waals surface area contributed by atoms with Crippen LogP contribution in [0.2, 0.25) is 5.02 Å². The van der Waals surface area contributed by atoms with Crippen LogP contribution in [0.3, 0.4) is 0 Å². The van der Waals surface area contributed by atoms with Gasteiger partial charge in [-0.2, -0.15) is 0 Å². The van der Waals surface area contributed by atoms with Crippen molar-refractivity contribution in [1.29, 1.82) is 0 Å². The van der Waals surface area contributed by atoms with Gasteiger partial charge in [0.25, 0.3) is 0 Å². The lowest BCUT2D eigenvalue weighted by atomic mass is 10.1. The zero-order valence-corrected chi connectivity index (χ0v) is 10.7. The number of tetrazole rings is 1. The molecule has 0 aliphatic carbocycles. The first-order chi connectivity index (χ1) is 7.89. The van der Waals surface area contributed by atoms with Crippen molar-refractivity contribution in [2.45, 2.75) is 26.3 Å². The van der Waals surface area contributed by atoms with Crippen LogP contribution in [0.4, 0.5) is 5.69 Å². The standard InChI is InChI=1S/C11H14ClN5/c1-11(2,3)17-10(14-15-16-17)8-6-7(12)4-5-9(8)13/h4-6H,13H2,1-3H3. The van der Waals surface area contributed by atoms with Crippen LogP contribution < -0.4 is 5.73 Å². The second kappa shape index (κ2) is 4.00. The summed E-state index contributed by atoms with van der Waals surface area (Å²) in [6.45, 7) is 6.06. The Kier molecular flexibility index (Phi) is 2.79. The summed E-state index contributed by atoms with van der Waals surface area (Å²) in [5, 5.41) is 12.3. The summed E-state index contributed by atoms with van der Waals surface area (Å²) in [7, 11) is 0. The summed E-state index contributed by atoms with van der Waals surface area (Å²) in [4.78, 5) is 0. The van der Waals surface area contributed by atoms with Gasteiger partial charge in [0.2, 0.25) is 0 Å². The number of nitrogens with two attached hydrogens (primary N) is 1. The molecule has 0 spiro atoms. The molecule has 2 rings (SSSR count). The van der Waals surface area contributed by atoms with Crippen molar-refractivity contribution in [3.8, 4) is 11.4 Å². The highest BCUT2D eigenvalue weighted by atomic mass is 35.5. The maximum Gasteiger partial charge on any atom is 0.184 e. The van der Waals surface area contributed by atoms with Crippen LogP contribution in [-0.4, -0.2) is 20.2 Å². The summed E-state index contributed by atoms with van der Waals surface area (Å²) < 4.78 is 1.73. The largest absolute Gasteiger partial charge is 0.398 e. The van der Waals surface area contributed by atoms with Crippen LogP contribution in [0, 0.1) is 0 Å². The minimum atomic E-state index is -0.215. The van der Waals surface area contributed by atoms with Gasteiger partial charge < -0.3 is 5.73 Å². The van der Waals surface area contributed by atoms with E-state index >= 15 is 0 Å². The van der Waals surface area contributed by atoms with Crippen LogP contribution in [0.25, 0.3) is 11.4 Å². The molecule has 0 amide bonds. The van der Waals surface area contributed by atoms with E-state index in [2.05, 4.69) is 15.5 Å². The van der Waals surface area contributed by atoms with Crippen molar-refractivity contribution in [2.75, 3.05) is 5.73 Å². The molecule has 0 atom stereocenters. The van der Waals surface area contributed by atoms with E-state index in [1.165, 1.54) is 0 Å². The molecule has 0 saturated carbocycles. The summed E-state index contributed by atoms with van der Waals surface area (Å²) >= 11 is 5.97. The van der Waals surface area contributed by atoms with Crippen molar-refractivity contribution in [2.24, 2.45) is 0 Å². The van der Waals surface area contributed by atoms with Crippen LogP contribution in [-0.2, 0) is 5.54 Å². The summed E-state index contributed by atoms with van der Waals surface area (Å²) in [6.07, 6.45) is 0. The molecule has 2 aromatic rings. The minimum Gasteiger partial charge on any atom is -0.398 e. The Morgan fingerprint density at radius 1 is 1.29 bits per heavy atom. The fourth-order valence-electron chi connectivity index (χ4n) is 1.53. The number of halogens is 1. The molecule has 90 valence electrons. The van der Waals surface area contributed by atoms with Gasteiger partial charge in [0.1, 0.15) is 0 Å². The van der Waals surface area contributed by atoms with E-state index in [-0.39, 0.29) is 5.54 Å². The fraction of sp³-hybridized carbons (Fsp3) is 0.364. The van der Waals surface area contributed by atoms with Crippen molar-refractivity contribution in [3.05, 3.63) is 23.2 Å². The van der Waals surface area contributed by atoms with Gasteiger partial charge >= 0.3 is 0 Å². The van der Waals surface area contributed by atoms with Gasteiger partial charge in [-0.3, -0.25) is 0 Å². The molecule has 2 N–H and O–H groups in total. The van der Waals surface area contributed by atoms with Crippen LogP contribution in [0.5, 0.6) is 0 Å². The van der Waals surface area contributed by atoms with E-state index in [0.29, 0.717) is 16.5 Å². The molecule has 1 aromatic carbocycles. The number of anilines is 1. The zero-order chi connectivity index (χ0) is 12.6. The molecule has 0 bridgehead atoms. The molecule has 0 saturated heterocycles. The lowest BCUT2D eigenvalue weighted by Crippen LogP contribution is -2.24. The van der Waals surface area contributed by atoms with E-state index in [4.69, 9.17) is 17.3 Å². The van der Waals surface area contributed by atoms with Gasteiger partial charge in [-0.1, -0.05) is 11.6 Å².